The molecule has 0 amide bonds. The van der Waals surface area contributed by atoms with E-state index < -0.39 is 12.6 Å². The summed E-state index contributed by atoms with van der Waals surface area (Å²) in [5.74, 6) is 0.601. The first-order valence-electron chi connectivity index (χ1n) is 4.97. The summed E-state index contributed by atoms with van der Waals surface area (Å²) in [5.41, 5.74) is 0.600. The summed E-state index contributed by atoms with van der Waals surface area (Å²) in [7, 11) is 0. The highest BCUT2D eigenvalue weighted by Gasteiger charge is 2.26. The highest BCUT2D eigenvalue weighted by atomic mass is 35.5. The quantitative estimate of drug-likeness (QED) is 0.558. The molecule has 0 N–H and O–H groups in total. The van der Waals surface area contributed by atoms with Crippen LogP contribution in [-0.4, -0.2) is 12.8 Å². The van der Waals surface area contributed by atoms with E-state index in [9.17, 15) is 13.2 Å². The highest BCUT2D eigenvalue weighted by molar-refractivity contribution is 6.32. The third kappa shape index (κ3) is 5.04. The van der Waals surface area contributed by atoms with Crippen LogP contribution in [-0.2, 0) is 5.88 Å². The Labute approximate surface area is 107 Å². The molecule has 1 aromatic rings. The van der Waals surface area contributed by atoms with Crippen LogP contribution in [0.15, 0.2) is 18.2 Å². The van der Waals surface area contributed by atoms with E-state index in [0.717, 1.165) is 0 Å². The van der Waals surface area contributed by atoms with Crippen LogP contribution in [0.25, 0.3) is 0 Å². The smallest absolute Gasteiger partial charge is 0.389 e. The minimum Gasteiger partial charge on any atom is -0.493 e. The van der Waals surface area contributed by atoms with E-state index in [1.54, 1.807) is 18.2 Å². The molecule has 0 aliphatic heterocycles. The van der Waals surface area contributed by atoms with Gasteiger partial charge < -0.3 is 4.74 Å². The van der Waals surface area contributed by atoms with Gasteiger partial charge in [-0.25, -0.2) is 0 Å². The second-order valence-corrected chi connectivity index (χ2v) is 4.09. The molecule has 0 unspecified atom stereocenters. The van der Waals surface area contributed by atoms with Crippen LogP contribution in [0.1, 0.15) is 18.4 Å². The zero-order valence-corrected chi connectivity index (χ0v) is 10.4. The van der Waals surface area contributed by atoms with Crippen molar-refractivity contribution in [3.63, 3.8) is 0 Å². The Morgan fingerprint density at radius 2 is 1.94 bits per heavy atom. The SMILES string of the molecule is FC(F)(F)CCCOc1cccc(Cl)c1CCl. The average Bonchev–Trinajstić information content (AvgIpc) is 2.23. The Morgan fingerprint density at radius 3 is 2.53 bits per heavy atom. The molecular weight excluding hydrogens is 276 g/mol. The number of halogens is 5. The maximum atomic E-state index is 11.9. The largest absolute Gasteiger partial charge is 0.493 e. The van der Waals surface area contributed by atoms with Gasteiger partial charge in [0, 0.05) is 17.0 Å². The fourth-order valence-electron chi connectivity index (χ4n) is 1.26. The standard InChI is InChI=1S/C11H11Cl2F3O/c12-7-8-9(13)3-1-4-10(8)17-6-2-5-11(14,15)16/h1,3-4H,2,5-7H2. The minimum atomic E-state index is -4.15. The maximum Gasteiger partial charge on any atom is 0.389 e. The monoisotopic (exact) mass is 286 g/mol. The zero-order valence-electron chi connectivity index (χ0n) is 8.86. The minimum absolute atomic E-state index is 0.0102. The third-order valence-electron chi connectivity index (χ3n) is 2.07. The van der Waals surface area contributed by atoms with Gasteiger partial charge in [0.25, 0.3) is 0 Å². The number of ether oxygens (including phenoxy) is 1. The molecule has 0 aliphatic rings. The van der Waals surface area contributed by atoms with E-state index in [1.165, 1.54) is 0 Å². The molecule has 0 heterocycles. The van der Waals surface area contributed by atoms with Crippen molar-refractivity contribution in [1.29, 1.82) is 0 Å². The van der Waals surface area contributed by atoms with E-state index in [2.05, 4.69) is 0 Å². The van der Waals surface area contributed by atoms with Gasteiger partial charge in [0.15, 0.2) is 0 Å². The van der Waals surface area contributed by atoms with Crippen molar-refractivity contribution in [3.05, 3.63) is 28.8 Å². The summed E-state index contributed by atoms with van der Waals surface area (Å²) in [5, 5.41) is 0.452. The summed E-state index contributed by atoms with van der Waals surface area (Å²) in [6, 6.07) is 4.95. The van der Waals surface area contributed by atoms with E-state index >= 15 is 0 Å². The lowest BCUT2D eigenvalue weighted by Gasteiger charge is -2.11. The summed E-state index contributed by atoms with van der Waals surface area (Å²) in [6.45, 7) is -0.0102. The predicted molar refractivity (Wildman–Crippen MR) is 61.8 cm³/mol. The summed E-state index contributed by atoms with van der Waals surface area (Å²) >= 11 is 11.5. The maximum absolute atomic E-state index is 11.9. The molecule has 0 spiro atoms. The van der Waals surface area contributed by atoms with Crippen molar-refractivity contribution in [2.75, 3.05) is 6.61 Å². The van der Waals surface area contributed by atoms with E-state index in [-0.39, 0.29) is 18.9 Å². The molecule has 6 heteroatoms. The number of hydrogen-bond acceptors (Lipinski definition) is 1. The van der Waals surface area contributed by atoms with Crippen molar-refractivity contribution in [2.45, 2.75) is 24.9 Å². The van der Waals surface area contributed by atoms with Gasteiger partial charge in [-0.2, -0.15) is 13.2 Å². The average molecular weight is 287 g/mol. The van der Waals surface area contributed by atoms with Crippen LogP contribution in [0, 0.1) is 0 Å². The van der Waals surface area contributed by atoms with Crippen molar-refractivity contribution >= 4 is 23.2 Å². The molecule has 0 saturated heterocycles. The van der Waals surface area contributed by atoms with Gasteiger partial charge in [0.05, 0.1) is 12.5 Å². The lowest BCUT2D eigenvalue weighted by molar-refractivity contribution is -0.136. The topological polar surface area (TPSA) is 9.23 Å². The molecule has 0 radical (unpaired) electrons. The van der Waals surface area contributed by atoms with Gasteiger partial charge in [-0.3, -0.25) is 0 Å². The molecule has 0 saturated carbocycles. The Morgan fingerprint density at radius 1 is 1.24 bits per heavy atom. The van der Waals surface area contributed by atoms with Crippen LogP contribution >= 0.6 is 23.2 Å². The van der Waals surface area contributed by atoms with Gasteiger partial charge in [0.1, 0.15) is 5.75 Å². The van der Waals surface area contributed by atoms with E-state index in [0.29, 0.717) is 16.3 Å². The molecule has 1 rings (SSSR count). The van der Waals surface area contributed by atoms with Crippen molar-refractivity contribution < 1.29 is 17.9 Å². The van der Waals surface area contributed by atoms with Crippen LogP contribution in [0.3, 0.4) is 0 Å². The van der Waals surface area contributed by atoms with Crippen molar-refractivity contribution in [2.24, 2.45) is 0 Å². The predicted octanol–water partition coefficient (Wildman–Crippen LogP) is 4.80. The molecular formula is C11H11Cl2F3O. The van der Waals surface area contributed by atoms with Gasteiger partial charge in [-0.1, -0.05) is 17.7 Å². The lowest BCUT2D eigenvalue weighted by atomic mass is 10.2. The summed E-state index contributed by atoms with van der Waals surface area (Å²) in [6.07, 6.45) is -5.09. The van der Waals surface area contributed by atoms with Crippen molar-refractivity contribution in [3.8, 4) is 5.75 Å². The van der Waals surface area contributed by atoms with Crippen molar-refractivity contribution in [1.82, 2.24) is 0 Å². The number of alkyl halides is 4. The first kappa shape index (κ1) is 14.5. The molecule has 0 aliphatic carbocycles. The van der Waals surface area contributed by atoms with Crippen LogP contribution in [0.5, 0.6) is 5.75 Å². The van der Waals surface area contributed by atoms with E-state index in [1.807, 2.05) is 0 Å². The van der Waals surface area contributed by atoms with E-state index in [4.69, 9.17) is 27.9 Å². The number of benzene rings is 1. The molecule has 1 nitrogen and oxygen atoms in total. The normalized spacial score (nSPS) is 11.6. The lowest BCUT2D eigenvalue weighted by Crippen LogP contribution is -2.10. The Kier molecular flexibility index (Phi) is 5.40. The van der Waals surface area contributed by atoms with Crippen LogP contribution in [0.2, 0.25) is 5.02 Å². The van der Waals surface area contributed by atoms with Gasteiger partial charge >= 0.3 is 6.18 Å². The molecule has 0 atom stereocenters. The summed E-state index contributed by atoms with van der Waals surface area (Å²) < 4.78 is 40.9. The molecule has 1 aromatic carbocycles. The number of rotatable bonds is 5. The fraction of sp³-hybridized carbons (Fsp3) is 0.455. The zero-order chi connectivity index (χ0) is 12.9. The van der Waals surface area contributed by atoms with Crippen LogP contribution in [0.4, 0.5) is 13.2 Å². The Balaban J connectivity index is 2.49. The van der Waals surface area contributed by atoms with Gasteiger partial charge in [-0.15, -0.1) is 11.6 Å². The second-order valence-electron chi connectivity index (χ2n) is 3.42. The Hall–Kier alpha value is -0.610. The summed E-state index contributed by atoms with van der Waals surface area (Å²) in [4.78, 5) is 0. The van der Waals surface area contributed by atoms with Gasteiger partial charge in [-0.05, 0) is 18.6 Å². The molecule has 17 heavy (non-hydrogen) atoms. The first-order chi connectivity index (χ1) is 7.94. The number of hydrogen-bond donors (Lipinski definition) is 0. The molecule has 0 bridgehead atoms. The first-order valence-corrected chi connectivity index (χ1v) is 5.88. The third-order valence-corrected chi connectivity index (χ3v) is 2.69. The highest BCUT2D eigenvalue weighted by Crippen LogP contribution is 2.28. The van der Waals surface area contributed by atoms with Crippen LogP contribution < -0.4 is 4.74 Å². The fourth-order valence-corrected chi connectivity index (χ4v) is 1.84. The molecule has 96 valence electrons. The Bertz CT molecular complexity index is 366. The second kappa shape index (κ2) is 6.36. The van der Waals surface area contributed by atoms with Gasteiger partial charge in [0.2, 0.25) is 0 Å². The molecule has 0 aromatic heterocycles. The molecule has 0 fully saturated rings.